The monoisotopic (exact) mass is 395 g/mol. The maximum Gasteiger partial charge on any atom is 0.421 e. The van der Waals surface area contributed by atoms with Crippen LogP contribution in [0.2, 0.25) is 0 Å². The highest BCUT2D eigenvalue weighted by Gasteiger charge is 2.51. The molecule has 0 unspecified atom stereocenters. The number of nitrogens with zero attached hydrogens (tertiary/aromatic N) is 1. The van der Waals surface area contributed by atoms with E-state index in [1.807, 2.05) is 4.90 Å². The number of halogens is 3. The second kappa shape index (κ2) is 7.05. The summed E-state index contributed by atoms with van der Waals surface area (Å²) in [5.74, 6) is 1.63. The number of hydrogen-bond acceptors (Lipinski definition) is 2. The van der Waals surface area contributed by atoms with E-state index in [0.29, 0.717) is 5.56 Å². The van der Waals surface area contributed by atoms with Crippen LogP contribution in [-0.4, -0.2) is 34.2 Å². The van der Waals surface area contributed by atoms with Crippen molar-refractivity contribution >= 4 is 5.91 Å². The van der Waals surface area contributed by atoms with Crippen molar-refractivity contribution in [2.75, 3.05) is 0 Å². The molecule has 0 radical (unpaired) electrons. The minimum Gasteiger partial charge on any atom is -0.376 e. The van der Waals surface area contributed by atoms with Crippen LogP contribution >= 0.6 is 0 Å². The molecule has 0 saturated heterocycles. The van der Waals surface area contributed by atoms with Gasteiger partial charge in [-0.3, -0.25) is 4.79 Å². The van der Waals surface area contributed by atoms with Crippen LogP contribution in [0.15, 0.2) is 24.3 Å². The quantitative estimate of drug-likeness (QED) is 0.760. The highest BCUT2D eigenvalue weighted by atomic mass is 19.4. The van der Waals surface area contributed by atoms with Gasteiger partial charge in [0.05, 0.1) is 0 Å². The predicted molar refractivity (Wildman–Crippen MR) is 99.7 cm³/mol. The lowest BCUT2D eigenvalue weighted by Gasteiger charge is -2.37. The molecule has 1 N–H and O–H groups in total. The van der Waals surface area contributed by atoms with Crippen molar-refractivity contribution in [3.63, 3.8) is 0 Å². The SMILES string of the molecule is C[C@](O)(c1ccc(C(=O)N(C2CC2)[C@H]2CC[C@@H](C3CC3)CC2)cc1)C(F)(F)F. The van der Waals surface area contributed by atoms with Gasteiger partial charge in [-0.15, -0.1) is 0 Å². The third kappa shape index (κ3) is 3.80. The van der Waals surface area contributed by atoms with Crippen molar-refractivity contribution in [3.05, 3.63) is 35.4 Å². The molecule has 4 rings (SSSR count). The van der Waals surface area contributed by atoms with Crippen LogP contribution in [0.1, 0.15) is 74.2 Å². The second-order valence-electron chi connectivity index (χ2n) is 9.00. The van der Waals surface area contributed by atoms with Crippen molar-refractivity contribution in [1.29, 1.82) is 0 Å². The van der Waals surface area contributed by atoms with Gasteiger partial charge in [0.25, 0.3) is 5.91 Å². The number of carbonyl (C=O) groups excluding carboxylic acids is 1. The van der Waals surface area contributed by atoms with Crippen LogP contribution in [0.25, 0.3) is 0 Å². The summed E-state index contributed by atoms with van der Waals surface area (Å²) in [6, 6.07) is 5.79. The number of aliphatic hydroxyl groups is 1. The average molecular weight is 395 g/mol. The largest absolute Gasteiger partial charge is 0.421 e. The molecule has 0 bridgehead atoms. The van der Waals surface area contributed by atoms with Crippen molar-refractivity contribution in [2.24, 2.45) is 11.8 Å². The number of carbonyl (C=O) groups is 1. The molecule has 3 aliphatic rings. The van der Waals surface area contributed by atoms with Crippen molar-refractivity contribution in [1.82, 2.24) is 4.90 Å². The molecule has 3 saturated carbocycles. The van der Waals surface area contributed by atoms with Crippen molar-refractivity contribution in [3.8, 4) is 0 Å². The van der Waals surface area contributed by atoms with E-state index in [4.69, 9.17) is 0 Å². The number of amides is 1. The van der Waals surface area contributed by atoms with Crippen LogP contribution in [-0.2, 0) is 5.60 Å². The first-order valence-corrected chi connectivity index (χ1v) is 10.4. The summed E-state index contributed by atoms with van der Waals surface area (Å²) >= 11 is 0. The Morgan fingerprint density at radius 3 is 1.71 bits per heavy atom. The van der Waals surface area contributed by atoms with Crippen LogP contribution in [0.5, 0.6) is 0 Å². The van der Waals surface area contributed by atoms with Crippen LogP contribution in [0, 0.1) is 11.8 Å². The molecule has 1 atom stereocenters. The zero-order chi connectivity index (χ0) is 20.1. The third-order valence-corrected chi connectivity index (χ3v) is 6.84. The van der Waals surface area contributed by atoms with E-state index >= 15 is 0 Å². The normalized spacial score (nSPS) is 27.9. The second-order valence-corrected chi connectivity index (χ2v) is 9.00. The van der Waals surface area contributed by atoms with E-state index in [1.165, 1.54) is 49.9 Å². The number of hydrogen-bond donors (Lipinski definition) is 1. The summed E-state index contributed by atoms with van der Waals surface area (Å²) in [5.41, 5.74) is -2.77. The third-order valence-electron chi connectivity index (χ3n) is 6.84. The molecular weight excluding hydrogens is 367 g/mol. The van der Waals surface area contributed by atoms with Gasteiger partial charge in [-0.05, 0) is 87.8 Å². The van der Waals surface area contributed by atoms with Gasteiger partial charge in [-0.25, -0.2) is 0 Å². The Kier molecular flexibility index (Phi) is 4.97. The first-order chi connectivity index (χ1) is 13.2. The Hall–Kier alpha value is -1.56. The summed E-state index contributed by atoms with van der Waals surface area (Å²) in [4.78, 5) is 15.2. The van der Waals surface area contributed by atoms with Gasteiger partial charge in [-0.1, -0.05) is 12.1 Å². The molecule has 3 nitrogen and oxygen atoms in total. The Morgan fingerprint density at radius 2 is 1.32 bits per heavy atom. The fourth-order valence-electron chi connectivity index (χ4n) is 4.65. The Morgan fingerprint density at radius 1 is 0.893 bits per heavy atom. The first kappa shape index (κ1) is 19.7. The maximum atomic E-state index is 13.2. The molecule has 1 aromatic carbocycles. The molecule has 0 heterocycles. The Balaban J connectivity index is 1.47. The summed E-state index contributed by atoms with van der Waals surface area (Å²) in [5, 5.41) is 9.82. The highest BCUT2D eigenvalue weighted by molar-refractivity contribution is 5.95. The molecule has 1 amide bonds. The molecule has 28 heavy (non-hydrogen) atoms. The Labute approximate surface area is 163 Å². The molecule has 1 aromatic rings. The lowest BCUT2D eigenvalue weighted by molar-refractivity contribution is -0.258. The summed E-state index contributed by atoms with van der Waals surface area (Å²) in [6.07, 6.45) is 4.39. The van der Waals surface area contributed by atoms with Crippen LogP contribution in [0.3, 0.4) is 0 Å². The Bertz CT molecular complexity index is 712. The molecule has 6 heteroatoms. The van der Waals surface area contributed by atoms with Crippen molar-refractivity contribution in [2.45, 2.75) is 82.2 Å². The summed E-state index contributed by atoms with van der Waals surface area (Å²) in [7, 11) is 0. The number of benzene rings is 1. The average Bonchev–Trinajstić information content (AvgIpc) is 3.55. The van der Waals surface area contributed by atoms with E-state index in [1.54, 1.807) is 0 Å². The highest BCUT2D eigenvalue weighted by Crippen LogP contribution is 2.46. The standard InChI is InChI=1S/C22H28F3NO2/c1-21(28,22(23,24)25)17-8-4-16(5-9-17)20(27)26(19-12-13-19)18-10-6-15(7-11-18)14-2-3-14/h4-5,8-9,14-15,18-19,28H,2-3,6-7,10-13H2,1H3/t15-,18+,21-/m0/s1. The van der Waals surface area contributed by atoms with E-state index in [-0.39, 0.29) is 23.6 Å². The van der Waals surface area contributed by atoms with Gasteiger partial charge in [0.15, 0.2) is 5.60 Å². The topological polar surface area (TPSA) is 40.5 Å². The van der Waals surface area contributed by atoms with E-state index in [9.17, 15) is 23.1 Å². The number of alkyl halides is 3. The van der Waals surface area contributed by atoms with Gasteiger partial charge in [0, 0.05) is 17.6 Å². The van der Waals surface area contributed by atoms with Crippen LogP contribution in [0.4, 0.5) is 13.2 Å². The number of rotatable bonds is 5. The lowest BCUT2D eigenvalue weighted by Crippen LogP contribution is -2.44. The lowest BCUT2D eigenvalue weighted by atomic mass is 9.82. The smallest absolute Gasteiger partial charge is 0.376 e. The zero-order valence-corrected chi connectivity index (χ0v) is 16.2. The summed E-state index contributed by atoms with van der Waals surface area (Å²) < 4.78 is 39.1. The van der Waals surface area contributed by atoms with Crippen LogP contribution < -0.4 is 0 Å². The van der Waals surface area contributed by atoms with E-state index in [0.717, 1.165) is 44.4 Å². The first-order valence-electron chi connectivity index (χ1n) is 10.4. The molecule has 0 spiro atoms. The van der Waals surface area contributed by atoms with Gasteiger partial charge in [-0.2, -0.15) is 13.2 Å². The molecule has 3 fully saturated rings. The minimum absolute atomic E-state index is 0.0874. The summed E-state index contributed by atoms with van der Waals surface area (Å²) in [6.45, 7) is 0.735. The van der Waals surface area contributed by atoms with Gasteiger partial charge >= 0.3 is 6.18 Å². The van der Waals surface area contributed by atoms with Gasteiger partial charge in [0.1, 0.15) is 0 Å². The molecular formula is C22H28F3NO2. The fourth-order valence-corrected chi connectivity index (χ4v) is 4.65. The van der Waals surface area contributed by atoms with E-state index < -0.39 is 11.8 Å². The molecule has 0 aromatic heterocycles. The minimum atomic E-state index is -4.77. The van der Waals surface area contributed by atoms with Crippen molar-refractivity contribution < 1.29 is 23.1 Å². The molecule has 154 valence electrons. The van der Waals surface area contributed by atoms with Gasteiger partial charge in [0.2, 0.25) is 0 Å². The fraction of sp³-hybridized carbons (Fsp3) is 0.682. The maximum absolute atomic E-state index is 13.2. The van der Waals surface area contributed by atoms with E-state index in [2.05, 4.69) is 0 Å². The molecule has 0 aliphatic heterocycles. The van der Waals surface area contributed by atoms with Gasteiger partial charge < -0.3 is 10.0 Å². The predicted octanol–water partition coefficient (Wildman–Crippen LogP) is 5.03. The molecule has 3 aliphatic carbocycles. The zero-order valence-electron chi connectivity index (χ0n) is 16.2.